The summed E-state index contributed by atoms with van der Waals surface area (Å²) in [5, 5.41) is 9.29. The first-order valence-corrected chi connectivity index (χ1v) is 6.33. The Bertz CT molecular complexity index is 445. The predicted molar refractivity (Wildman–Crippen MR) is 67.0 cm³/mol. The van der Waals surface area contributed by atoms with Crippen molar-refractivity contribution in [1.29, 1.82) is 0 Å². The van der Waals surface area contributed by atoms with Crippen molar-refractivity contribution in [3.8, 4) is 0 Å². The molecule has 98 valence electrons. The third kappa shape index (κ3) is 3.21. The van der Waals surface area contributed by atoms with Gasteiger partial charge in [0.1, 0.15) is 5.82 Å². The Morgan fingerprint density at radius 3 is 2.67 bits per heavy atom. The van der Waals surface area contributed by atoms with Crippen LogP contribution in [0, 0.1) is 11.7 Å². The number of likely N-dealkylation sites (tertiary alicyclic amines) is 1. The Hall–Kier alpha value is -1.13. The number of rotatable bonds is 3. The van der Waals surface area contributed by atoms with Gasteiger partial charge in [0.05, 0.1) is 5.92 Å². The first-order valence-electron chi connectivity index (χ1n) is 5.95. The molecule has 1 aromatic rings. The molecule has 18 heavy (non-hydrogen) atoms. The van der Waals surface area contributed by atoms with Gasteiger partial charge in [-0.05, 0) is 38.1 Å². The highest BCUT2D eigenvalue weighted by Crippen LogP contribution is 2.21. The second-order valence-corrected chi connectivity index (χ2v) is 5.06. The SMILES string of the molecule is O=C(O)C1CCN(Cc2ccc(Cl)cc2F)CC1. The van der Waals surface area contributed by atoms with E-state index in [2.05, 4.69) is 4.90 Å². The van der Waals surface area contributed by atoms with Crippen LogP contribution in [-0.4, -0.2) is 29.1 Å². The number of hydrogen-bond acceptors (Lipinski definition) is 2. The summed E-state index contributed by atoms with van der Waals surface area (Å²) >= 11 is 5.69. The summed E-state index contributed by atoms with van der Waals surface area (Å²) in [5.41, 5.74) is 0.605. The number of benzene rings is 1. The molecule has 1 aliphatic rings. The second kappa shape index (κ2) is 5.67. The maximum Gasteiger partial charge on any atom is 0.306 e. The Morgan fingerprint density at radius 1 is 1.44 bits per heavy atom. The van der Waals surface area contributed by atoms with Gasteiger partial charge in [-0.3, -0.25) is 9.69 Å². The Morgan fingerprint density at radius 2 is 2.11 bits per heavy atom. The number of carbonyl (C=O) groups is 1. The van der Waals surface area contributed by atoms with Crippen molar-refractivity contribution in [2.75, 3.05) is 13.1 Å². The zero-order valence-electron chi connectivity index (χ0n) is 9.90. The average molecular weight is 272 g/mol. The van der Waals surface area contributed by atoms with Crippen LogP contribution in [0.25, 0.3) is 0 Å². The Balaban J connectivity index is 1.93. The van der Waals surface area contributed by atoms with Crippen LogP contribution in [0.5, 0.6) is 0 Å². The largest absolute Gasteiger partial charge is 0.481 e. The zero-order chi connectivity index (χ0) is 13.1. The minimum absolute atomic E-state index is 0.253. The average Bonchev–Trinajstić information content (AvgIpc) is 2.33. The summed E-state index contributed by atoms with van der Waals surface area (Å²) in [6.07, 6.45) is 1.26. The van der Waals surface area contributed by atoms with E-state index in [1.807, 2.05) is 0 Å². The van der Waals surface area contributed by atoms with Crippen molar-refractivity contribution in [3.05, 3.63) is 34.6 Å². The van der Waals surface area contributed by atoms with Crippen LogP contribution in [0.2, 0.25) is 5.02 Å². The molecule has 0 spiro atoms. The summed E-state index contributed by atoms with van der Waals surface area (Å²) in [4.78, 5) is 12.9. The number of aliphatic carboxylic acids is 1. The Kier molecular flexibility index (Phi) is 4.19. The number of nitrogens with zero attached hydrogens (tertiary/aromatic N) is 1. The van der Waals surface area contributed by atoms with Gasteiger partial charge in [-0.2, -0.15) is 0 Å². The molecule has 0 radical (unpaired) electrons. The number of halogens is 2. The van der Waals surface area contributed by atoms with Crippen molar-refractivity contribution in [3.63, 3.8) is 0 Å². The van der Waals surface area contributed by atoms with Gasteiger partial charge in [0, 0.05) is 17.1 Å². The lowest BCUT2D eigenvalue weighted by Gasteiger charge is -2.30. The lowest BCUT2D eigenvalue weighted by molar-refractivity contribution is -0.143. The maximum atomic E-state index is 13.6. The van der Waals surface area contributed by atoms with Crippen LogP contribution in [0.4, 0.5) is 4.39 Å². The van der Waals surface area contributed by atoms with Gasteiger partial charge >= 0.3 is 5.97 Å². The minimum Gasteiger partial charge on any atom is -0.481 e. The van der Waals surface area contributed by atoms with E-state index < -0.39 is 5.97 Å². The third-order valence-electron chi connectivity index (χ3n) is 3.35. The van der Waals surface area contributed by atoms with E-state index in [-0.39, 0.29) is 11.7 Å². The van der Waals surface area contributed by atoms with Crippen LogP contribution >= 0.6 is 11.6 Å². The molecule has 1 heterocycles. The first kappa shape index (κ1) is 13.3. The molecular weight excluding hydrogens is 257 g/mol. The molecule has 1 aliphatic heterocycles. The van der Waals surface area contributed by atoms with Crippen LogP contribution in [0.1, 0.15) is 18.4 Å². The van der Waals surface area contributed by atoms with Crippen molar-refractivity contribution in [2.24, 2.45) is 5.92 Å². The number of hydrogen-bond donors (Lipinski definition) is 1. The van der Waals surface area contributed by atoms with Gasteiger partial charge < -0.3 is 5.11 Å². The van der Waals surface area contributed by atoms with E-state index in [1.54, 1.807) is 12.1 Å². The van der Waals surface area contributed by atoms with Gasteiger partial charge in [-0.25, -0.2) is 4.39 Å². The molecule has 0 saturated carbocycles. The van der Waals surface area contributed by atoms with Gasteiger partial charge in [-0.1, -0.05) is 17.7 Å². The fraction of sp³-hybridized carbons (Fsp3) is 0.462. The second-order valence-electron chi connectivity index (χ2n) is 4.62. The lowest BCUT2D eigenvalue weighted by Crippen LogP contribution is -2.36. The maximum absolute atomic E-state index is 13.6. The molecule has 1 N–H and O–H groups in total. The molecule has 0 aliphatic carbocycles. The van der Waals surface area contributed by atoms with Crippen molar-refractivity contribution < 1.29 is 14.3 Å². The van der Waals surface area contributed by atoms with Gasteiger partial charge in [0.25, 0.3) is 0 Å². The molecule has 1 saturated heterocycles. The highest BCUT2D eigenvalue weighted by Gasteiger charge is 2.24. The highest BCUT2D eigenvalue weighted by atomic mass is 35.5. The summed E-state index contributed by atoms with van der Waals surface area (Å²) in [6, 6.07) is 4.66. The molecular formula is C13H15ClFNO2. The molecule has 0 unspecified atom stereocenters. The van der Waals surface area contributed by atoms with Crippen LogP contribution < -0.4 is 0 Å². The van der Waals surface area contributed by atoms with Gasteiger partial charge in [-0.15, -0.1) is 0 Å². The summed E-state index contributed by atoms with van der Waals surface area (Å²) < 4.78 is 13.6. The number of piperidine rings is 1. The first-order chi connectivity index (χ1) is 8.56. The summed E-state index contributed by atoms with van der Waals surface area (Å²) in [6.45, 7) is 1.90. The normalized spacial score (nSPS) is 17.9. The Labute approximate surface area is 110 Å². The van der Waals surface area contributed by atoms with Crippen molar-refractivity contribution >= 4 is 17.6 Å². The molecule has 0 amide bonds. The highest BCUT2D eigenvalue weighted by molar-refractivity contribution is 6.30. The minimum atomic E-state index is -0.729. The standard InChI is InChI=1S/C13H15ClFNO2/c14-11-2-1-10(12(15)7-11)8-16-5-3-9(4-6-16)13(17)18/h1-2,7,9H,3-6,8H2,(H,17,18). The van der Waals surface area contributed by atoms with Crippen LogP contribution in [0.3, 0.4) is 0 Å². The molecule has 1 aromatic carbocycles. The summed E-state index contributed by atoms with van der Waals surface area (Å²) in [5.74, 6) is -1.29. The van der Waals surface area contributed by atoms with Crippen LogP contribution in [0.15, 0.2) is 18.2 Å². The van der Waals surface area contributed by atoms with E-state index >= 15 is 0 Å². The van der Waals surface area contributed by atoms with E-state index in [0.29, 0.717) is 43.1 Å². The summed E-state index contributed by atoms with van der Waals surface area (Å²) in [7, 11) is 0. The van der Waals surface area contributed by atoms with Crippen LogP contribution in [-0.2, 0) is 11.3 Å². The molecule has 3 nitrogen and oxygen atoms in total. The topological polar surface area (TPSA) is 40.5 Å². The smallest absolute Gasteiger partial charge is 0.306 e. The molecule has 0 aromatic heterocycles. The molecule has 2 rings (SSSR count). The fourth-order valence-electron chi connectivity index (χ4n) is 2.23. The molecule has 0 bridgehead atoms. The third-order valence-corrected chi connectivity index (χ3v) is 3.58. The van der Waals surface area contributed by atoms with E-state index in [0.717, 1.165) is 0 Å². The molecule has 5 heteroatoms. The lowest BCUT2D eigenvalue weighted by atomic mass is 9.97. The van der Waals surface area contributed by atoms with E-state index in [9.17, 15) is 9.18 Å². The van der Waals surface area contributed by atoms with Crippen molar-refractivity contribution in [1.82, 2.24) is 4.90 Å². The van der Waals surface area contributed by atoms with Gasteiger partial charge in [0.15, 0.2) is 0 Å². The monoisotopic (exact) mass is 271 g/mol. The zero-order valence-corrected chi connectivity index (χ0v) is 10.7. The molecule has 0 atom stereocenters. The quantitative estimate of drug-likeness (QED) is 0.919. The number of carboxylic acids is 1. The van der Waals surface area contributed by atoms with Crippen molar-refractivity contribution in [2.45, 2.75) is 19.4 Å². The van der Waals surface area contributed by atoms with Gasteiger partial charge in [0.2, 0.25) is 0 Å². The van der Waals surface area contributed by atoms with E-state index in [1.165, 1.54) is 6.07 Å². The molecule has 1 fully saturated rings. The van der Waals surface area contributed by atoms with E-state index in [4.69, 9.17) is 16.7 Å². The fourth-order valence-corrected chi connectivity index (χ4v) is 2.39. The number of carboxylic acid groups (broad SMARTS) is 1. The predicted octanol–water partition coefficient (Wildman–Crippen LogP) is 2.78.